The van der Waals surface area contributed by atoms with Crippen molar-refractivity contribution in [2.75, 3.05) is 53.0 Å². The summed E-state index contributed by atoms with van der Waals surface area (Å²) in [6.07, 6.45) is 2.79. The summed E-state index contributed by atoms with van der Waals surface area (Å²) in [5.41, 5.74) is 0. The normalized spacial score (nSPS) is 22.5. The number of morpholine rings is 1. The second kappa shape index (κ2) is 8.93. The molecule has 1 atom stereocenters. The Hall–Kier alpha value is -0.160. The highest BCUT2D eigenvalue weighted by molar-refractivity contribution is 4.70. The Morgan fingerprint density at radius 1 is 1.44 bits per heavy atom. The second-order valence-electron chi connectivity index (χ2n) is 4.30. The molecule has 1 fully saturated rings. The summed E-state index contributed by atoms with van der Waals surface area (Å²) in [6.45, 7) is 9.31. The fourth-order valence-corrected chi connectivity index (χ4v) is 1.96. The lowest BCUT2D eigenvalue weighted by atomic mass is 10.2. The maximum atomic E-state index is 5.64. The number of rotatable bonds is 8. The second-order valence-corrected chi connectivity index (χ2v) is 4.30. The Bertz CT molecular complexity index is 167. The van der Waals surface area contributed by atoms with E-state index in [-0.39, 0.29) is 0 Å². The van der Waals surface area contributed by atoms with E-state index >= 15 is 0 Å². The van der Waals surface area contributed by atoms with Gasteiger partial charge in [-0.1, -0.05) is 6.92 Å². The molecule has 0 aromatic carbocycles. The first-order valence-corrected chi connectivity index (χ1v) is 6.40. The van der Waals surface area contributed by atoms with Gasteiger partial charge in [0.05, 0.1) is 19.3 Å². The summed E-state index contributed by atoms with van der Waals surface area (Å²) in [6, 6.07) is 0. The van der Waals surface area contributed by atoms with Gasteiger partial charge in [-0.2, -0.15) is 0 Å². The highest BCUT2D eigenvalue weighted by Crippen LogP contribution is 2.07. The van der Waals surface area contributed by atoms with Crippen LogP contribution in [-0.2, 0) is 9.47 Å². The summed E-state index contributed by atoms with van der Waals surface area (Å²) >= 11 is 0. The molecule has 1 aliphatic heterocycles. The van der Waals surface area contributed by atoms with E-state index in [9.17, 15) is 0 Å². The van der Waals surface area contributed by atoms with Crippen molar-refractivity contribution in [3.05, 3.63) is 0 Å². The molecular weight excluding hydrogens is 204 g/mol. The molecule has 1 N–H and O–H groups in total. The Morgan fingerprint density at radius 2 is 2.31 bits per heavy atom. The number of hydrogen-bond donors (Lipinski definition) is 1. The maximum Gasteiger partial charge on any atom is 0.0700 e. The van der Waals surface area contributed by atoms with Crippen LogP contribution >= 0.6 is 0 Å². The SMILES string of the molecule is CCC1CN(CCCNCCOC)CCO1. The number of hydrogen-bond acceptors (Lipinski definition) is 4. The zero-order valence-corrected chi connectivity index (χ0v) is 10.7. The smallest absolute Gasteiger partial charge is 0.0700 e. The topological polar surface area (TPSA) is 33.7 Å². The van der Waals surface area contributed by atoms with Gasteiger partial charge < -0.3 is 14.8 Å². The lowest BCUT2D eigenvalue weighted by Gasteiger charge is -2.32. The summed E-state index contributed by atoms with van der Waals surface area (Å²) in [7, 11) is 1.74. The summed E-state index contributed by atoms with van der Waals surface area (Å²) < 4.78 is 10.6. The molecule has 0 aromatic rings. The molecule has 0 saturated carbocycles. The molecule has 4 nitrogen and oxygen atoms in total. The number of nitrogens with zero attached hydrogens (tertiary/aromatic N) is 1. The van der Waals surface area contributed by atoms with Gasteiger partial charge in [0.25, 0.3) is 0 Å². The molecule has 16 heavy (non-hydrogen) atoms. The molecular formula is C12H26N2O2. The van der Waals surface area contributed by atoms with Crippen molar-refractivity contribution >= 4 is 0 Å². The lowest BCUT2D eigenvalue weighted by Crippen LogP contribution is -2.43. The van der Waals surface area contributed by atoms with E-state index in [2.05, 4.69) is 17.1 Å². The molecule has 1 unspecified atom stereocenters. The van der Waals surface area contributed by atoms with Crippen LogP contribution in [0.5, 0.6) is 0 Å². The highest BCUT2D eigenvalue weighted by Gasteiger charge is 2.17. The van der Waals surface area contributed by atoms with E-state index in [1.165, 1.54) is 13.0 Å². The summed E-state index contributed by atoms with van der Waals surface area (Å²) in [4.78, 5) is 2.51. The first kappa shape index (κ1) is 13.9. The van der Waals surface area contributed by atoms with Crippen molar-refractivity contribution in [2.24, 2.45) is 0 Å². The third-order valence-corrected chi connectivity index (χ3v) is 2.99. The predicted molar refractivity (Wildman–Crippen MR) is 65.8 cm³/mol. The fourth-order valence-electron chi connectivity index (χ4n) is 1.96. The van der Waals surface area contributed by atoms with Gasteiger partial charge in [-0.3, -0.25) is 4.90 Å². The third kappa shape index (κ3) is 5.80. The molecule has 1 aliphatic rings. The van der Waals surface area contributed by atoms with E-state index in [1.54, 1.807) is 7.11 Å². The molecule has 1 saturated heterocycles. The Labute approximate surface area is 99.3 Å². The first-order valence-electron chi connectivity index (χ1n) is 6.40. The van der Waals surface area contributed by atoms with Gasteiger partial charge in [-0.15, -0.1) is 0 Å². The van der Waals surface area contributed by atoms with Crippen LogP contribution in [0.25, 0.3) is 0 Å². The standard InChI is InChI=1S/C12H26N2O2/c1-3-12-11-14(8-10-16-12)7-4-5-13-6-9-15-2/h12-13H,3-11H2,1-2H3. The van der Waals surface area contributed by atoms with E-state index in [0.29, 0.717) is 6.10 Å². The van der Waals surface area contributed by atoms with Crippen LogP contribution in [0.3, 0.4) is 0 Å². The highest BCUT2D eigenvalue weighted by atomic mass is 16.5. The van der Waals surface area contributed by atoms with Crippen molar-refractivity contribution < 1.29 is 9.47 Å². The quantitative estimate of drug-likeness (QED) is 0.623. The third-order valence-electron chi connectivity index (χ3n) is 2.99. The van der Waals surface area contributed by atoms with Gasteiger partial charge in [0, 0.05) is 26.7 Å². The minimum atomic E-state index is 0.454. The van der Waals surface area contributed by atoms with Crippen molar-refractivity contribution in [1.29, 1.82) is 0 Å². The summed E-state index contributed by atoms with van der Waals surface area (Å²) in [5.74, 6) is 0. The molecule has 1 heterocycles. The van der Waals surface area contributed by atoms with Crippen LogP contribution in [-0.4, -0.2) is 64.1 Å². The Kier molecular flexibility index (Phi) is 7.76. The molecule has 0 bridgehead atoms. The average molecular weight is 230 g/mol. The van der Waals surface area contributed by atoms with Gasteiger partial charge in [-0.05, 0) is 25.9 Å². The molecule has 0 amide bonds. The van der Waals surface area contributed by atoms with Crippen LogP contribution in [0.2, 0.25) is 0 Å². The van der Waals surface area contributed by atoms with E-state index in [0.717, 1.165) is 45.8 Å². The zero-order valence-electron chi connectivity index (χ0n) is 10.7. The van der Waals surface area contributed by atoms with Crippen LogP contribution in [0, 0.1) is 0 Å². The molecule has 1 rings (SSSR count). The van der Waals surface area contributed by atoms with Crippen molar-refractivity contribution in [1.82, 2.24) is 10.2 Å². The van der Waals surface area contributed by atoms with Crippen LogP contribution in [0.15, 0.2) is 0 Å². The van der Waals surface area contributed by atoms with Crippen molar-refractivity contribution in [3.8, 4) is 0 Å². The van der Waals surface area contributed by atoms with Crippen molar-refractivity contribution in [3.63, 3.8) is 0 Å². The number of ether oxygens (including phenoxy) is 2. The molecule has 0 aromatic heterocycles. The molecule has 4 heteroatoms. The van der Waals surface area contributed by atoms with E-state index in [4.69, 9.17) is 9.47 Å². The van der Waals surface area contributed by atoms with Gasteiger partial charge in [-0.25, -0.2) is 0 Å². The largest absolute Gasteiger partial charge is 0.383 e. The predicted octanol–water partition coefficient (Wildman–Crippen LogP) is 0.723. The van der Waals surface area contributed by atoms with E-state index in [1.807, 2.05) is 0 Å². The Balaban J connectivity index is 1.95. The zero-order chi connectivity index (χ0) is 11.6. The van der Waals surface area contributed by atoms with Crippen molar-refractivity contribution in [2.45, 2.75) is 25.9 Å². The number of nitrogens with one attached hydrogen (secondary N) is 1. The molecule has 0 aliphatic carbocycles. The lowest BCUT2D eigenvalue weighted by molar-refractivity contribution is -0.0297. The van der Waals surface area contributed by atoms with Crippen LogP contribution in [0.4, 0.5) is 0 Å². The van der Waals surface area contributed by atoms with Gasteiger partial charge in [0.2, 0.25) is 0 Å². The van der Waals surface area contributed by atoms with Gasteiger partial charge >= 0.3 is 0 Å². The molecule has 96 valence electrons. The molecule has 0 spiro atoms. The maximum absolute atomic E-state index is 5.64. The number of methoxy groups -OCH3 is 1. The average Bonchev–Trinajstić information content (AvgIpc) is 2.34. The van der Waals surface area contributed by atoms with E-state index < -0.39 is 0 Å². The first-order chi connectivity index (χ1) is 7.86. The summed E-state index contributed by atoms with van der Waals surface area (Å²) in [5, 5.41) is 3.37. The van der Waals surface area contributed by atoms with Gasteiger partial charge in [0.15, 0.2) is 0 Å². The fraction of sp³-hybridized carbons (Fsp3) is 1.00. The van der Waals surface area contributed by atoms with Gasteiger partial charge in [0.1, 0.15) is 0 Å². The Morgan fingerprint density at radius 3 is 3.06 bits per heavy atom. The molecule has 0 radical (unpaired) electrons. The van der Waals surface area contributed by atoms with Crippen LogP contribution in [0.1, 0.15) is 19.8 Å². The minimum absolute atomic E-state index is 0.454. The minimum Gasteiger partial charge on any atom is -0.383 e. The monoisotopic (exact) mass is 230 g/mol. The van der Waals surface area contributed by atoms with Crippen LogP contribution < -0.4 is 5.32 Å².